The van der Waals surface area contributed by atoms with Crippen LogP contribution in [0.15, 0.2) is 48.5 Å². The Balaban J connectivity index is 1.82. The minimum absolute atomic E-state index is 0.0179. The van der Waals surface area contributed by atoms with Crippen LogP contribution in [0.1, 0.15) is 36.3 Å². The van der Waals surface area contributed by atoms with Crippen molar-refractivity contribution in [3.63, 3.8) is 0 Å². The lowest BCUT2D eigenvalue weighted by Gasteiger charge is -2.20. The fraction of sp³-hybridized carbons (Fsp3) is 0.263. The van der Waals surface area contributed by atoms with Gasteiger partial charge < -0.3 is 4.74 Å². The number of Topliss-reactive ketones (excluding diaryl/α,β-unsaturated/α-hetero) is 2. The molecule has 1 aliphatic rings. The van der Waals surface area contributed by atoms with E-state index in [4.69, 9.17) is 4.74 Å². The summed E-state index contributed by atoms with van der Waals surface area (Å²) in [6.07, 6.45) is 1.15. The number of aryl methyl sites for hydroxylation is 1. The first-order chi connectivity index (χ1) is 10.6. The van der Waals surface area contributed by atoms with Gasteiger partial charge in [0, 0.05) is 12.3 Å². The lowest BCUT2D eigenvalue weighted by atomic mass is 9.82. The Morgan fingerprint density at radius 2 is 1.86 bits per heavy atom. The van der Waals surface area contributed by atoms with E-state index in [1.165, 1.54) is 0 Å². The normalized spacial score (nSPS) is 18.3. The van der Waals surface area contributed by atoms with Gasteiger partial charge in [0.2, 0.25) is 0 Å². The van der Waals surface area contributed by atoms with Crippen molar-refractivity contribution in [3.8, 4) is 11.5 Å². The molecule has 3 heteroatoms. The monoisotopic (exact) mass is 294 g/mol. The van der Waals surface area contributed by atoms with Crippen molar-refractivity contribution in [2.75, 3.05) is 0 Å². The van der Waals surface area contributed by atoms with Crippen LogP contribution < -0.4 is 4.74 Å². The molecule has 1 atom stereocenters. The van der Waals surface area contributed by atoms with Crippen molar-refractivity contribution in [2.24, 2.45) is 0 Å². The summed E-state index contributed by atoms with van der Waals surface area (Å²) in [6.45, 7) is 2.00. The molecular formula is C19H18O3. The predicted molar refractivity (Wildman–Crippen MR) is 84.3 cm³/mol. The van der Waals surface area contributed by atoms with Crippen molar-refractivity contribution < 1.29 is 14.3 Å². The van der Waals surface area contributed by atoms with Crippen molar-refractivity contribution >= 4 is 11.6 Å². The number of hydrogen-bond donors (Lipinski definition) is 0. The molecule has 0 aromatic heterocycles. The molecule has 0 amide bonds. The van der Waals surface area contributed by atoms with Crippen LogP contribution in [0.4, 0.5) is 0 Å². The van der Waals surface area contributed by atoms with Gasteiger partial charge in [-0.2, -0.15) is 0 Å². The maximum absolute atomic E-state index is 12.1. The minimum atomic E-state index is -0.182. The molecule has 1 aliphatic carbocycles. The first-order valence-corrected chi connectivity index (χ1v) is 7.51. The van der Waals surface area contributed by atoms with Gasteiger partial charge in [-0.15, -0.1) is 0 Å². The quantitative estimate of drug-likeness (QED) is 0.797. The summed E-state index contributed by atoms with van der Waals surface area (Å²) in [5, 5.41) is 0. The third-order valence-electron chi connectivity index (χ3n) is 4.05. The van der Waals surface area contributed by atoms with Crippen molar-refractivity contribution in [2.45, 2.75) is 32.1 Å². The van der Waals surface area contributed by atoms with E-state index in [0.29, 0.717) is 12.8 Å². The molecule has 0 heterocycles. The molecule has 1 saturated carbocycles. The summed E-state index contributed by atoms with van der Waals surface area (Å²) in [5.41, 5.74) is 2.00. The molecule has 0 bridgehead atoms. The topological polar surface area (TPSA) is 43.4 Å². The van der Waals surface area contributed by atoms with Gasteiger partial charge in [-0.3, -0.25) is 9.59 Å². The first kappa shape index (κ1) is 14.5. The van der Waals surface area contributed by atoms with Gasteiger partial charge >= 0.3 is 0 Å². The van der Waals surface area contributed by atoms with Crippen LogP contribution in [-0.2, 0) is 9.59 Å². The van der Waals surface area contributed by atoms with Crippen LogP contribution in [-0.4, -0.2) is 11.6 Å². The van der Waals surface area contributed by atoms with E-state index >= 15 is 0 Å². The summed E-state index contributed by atoms with van der Waals surface area (Å²) in [6, 6.07) is 15.4. The molecule has 0 N–H and O–H groups in total. The van der Waals surface area contributed by atoms with E-state index in [1.54, 1.807) is 0 Å². The molecule has 2 aromatic carbocycles. The Hall–Kier alpha value is -2.42. The van der Waals surface area contributed by atoms with E-state index in [2.05, 4.69) is 0 Å². The van der Waals surface area contributed by atoms with Gasteiger partial charge in [-0.25, -0.2) is 0 Å². The first-order valence-electron chi connectivity index (χ1n) is 7.51. The van der Waals surface area contributed by atoms with Crippen LogP contribution in [0.2, 0.25) is 0 Å². The van der Waals surface area contributed by atoms with Gasteiger partial charge in [-0.05, 0) is 42.7 Å². The van der Waals surface area contributed by atoms with E-state index in [9.17, 15) is 9.59 Å². The Kier molecular flexibility index (Phi) is 4.05. The highest BCUT2D eigenvalue weighted by Crippen LogP contribution is 2.32. The summed E-state index contributed by atoms with van der Waals surface area (Å²) < 4.78 is 5.92. The summed E-state index contributed by atoms with van der Waals surface area (Å²) >= 11 is 0. The predicted octanol–water partition coefficient (Wildman–Crippen LogP) is 4.19. The summed E-state index contributed by atoms with van der Waals surface area (Å²) in [7, 11) is 0. The molecular weight excluding hydrogens is 276 g/mol. The number of rotatable bonds is 3. The Labute approximate surface area is 129 Å². The van der Waals surface area contributed by atoms with E-state index < -0.39 is 0 Å². The maximum Gasteiger partial charge on any atom is 0.147 e. The number of benzene rings is 2. The molecule has 1 fully saturated rings. The Bertz CT molecular complexity index is 718. The van der Waals surface area contributed by atoms with E-state index in [0.717, 1.165) is 22.6 Å². The number of ether oxygens (including phenoxy) is 1. The van der Waals surface area contributed by atoms with Crippen LogP contribution in [0.3, 0.4) is 0 Å². The molecule has 0 radical (unpaired) electrons. The number of hydrogen-bond acceptors (Lipinski definition) is 3. The van der Waals surface area contributed by atoms with Gasteiger partial charge in [-0.1, -0.05) is 30.3 Å². The Morgan fingerprint density at radius 3 is 2.64 bits per heavy atom. The van der Waals surface area contributed by atoms with Crippen LogP contribution in [0, 0.1) is 6.92 Å². The SMILES string of the molecule is Cc1ccccc1Oc1cccc([C@@H]2CCC(=O)CC2=O)c1. The second kappa shape index (κ2) is 6.14. The lowest BCUT2D eigenvalue weighted by molar-refractivity contribution is -0.130. The molecule has 0 unspecified atom stereocenters. The third kappa shape index (κ3) is 3.08. The number of carbonyl (C=O) groups excluding carboxylic acids is 2. The zero-order chi connectivity index (χ0) is 15.5. The molecule has 0 saturated heterocycles. The van der Waals surface area contributed by atoms with E-state index in [-0.39, 0.29) is 23.9 Å². The highest BCUT2D eigenvalue weighted by Gasteiger charge is 2.28. The summed E-state index contributed by atoms with van der Waals surface area (Å²) in [5.74, 6) is 1.41. The molecule has 112 valence electrons. The molecule has 3 nitrogen and oxygen atoms in total. The van der Waals surface area contributed by atoms with Gasteiger partial charge in [0.05, 0.1) is 6.42 Å². The molecule has 0 spiro atoms. The number of para-hydroxylation sites is 1. The van der Waals surface area contributed by atoms with Crippen molar-refractivity contribution in [3.05, 3.63) is 59.7 Å². The minimum Gasteiger partial charge on any atom is -0.457 e. The third-order valence-corrected chi connectivity index (χ3v) is 4.05. The van der Waals surface area contributed by atoms with Gasteiger partial charge in [0.1, 0.15) is 23.1 Å². The lowest BCUT2D eigenvalue weighted by Crippen LogP contribution is -2.23. The molecule has 0 aliphatic heterocycles. The molecule has 22 heavy (non-hydrogen) atoms. The highest BCUT2D eigenvalue weighted by atomic mass is 16.5. The van der Waals surface area contributed by atoms with E-state index in [1.807, 2.05) is 55.5 Å². The van der Waals surface area contributed by atoms with Gasteiger partial charge in [0.25, 0.3) is 0 Å². The molecule has 3 rings (SSSR count). The fourth-order valence-electron chi connectivity index (χ4n) is 2.82. The second-order valence-electron chi connectivity index (χ2n) is 5.71. The second-order valence-corrected chi connectivity index (χ2v) is 5.71. The van der Waals surface area contributed by atoms with Crippen LogP contribution in [0.5, 0.6) is 11.5 Å². The average molecular weight is 294 g/mol. The zero-order valence-corrected chi connectivity index (χ0v) is 12.5. The largest absolute Gasteiger partial charge is 0.457 e. The maximum atomic E-state index is 12.1. The van der Waals surface area contributed by atoms with Crippen LogP contribution >= 0.6 is 0 Å². The van der Waals surface area contributed by atoms with Crippen LogP contribution in [0.25, 0.3) is 0 Å². The highest BCUT2D eigenvalue weighted by molar-refractivity contribution is 6.04. The summed E-state index contributed by atoms with van der Waals surface area (Å²) in [4.78, 5) is 23.4. The van der Waals surface area contributed by atoms with Crippen molar-refractivity contribution in [1.29, 1.82) is 0 Å². The smallest absolute Gasteiger partial charge is 0.147 e. The standard InChI is InChI=1S/C19H18O3/c1-13-5-2-3-8-19(13)22-16-7-4-6-14(11-16)17-10-9-15(20)12-18(17)21/h2-8,11,17H,9-10,12H2,1H3/t17-/m0/s1. The number of ketones is 2. The van der Waals surface area contributed by atoms with Gasteiger partial charge in [0.15, 0.2) is 0 Å². The van der Waals surface area contributed by atoms with Crippen molar-refractivity contribution in [1.82, 2.24) is 0 Å². The molecule has 2 aromatic rings. The fourth-order valence-corrected chi connectivity index (χ4v) is 2.82. The Morgan fingerprint density at radius 1 is 1.05 bits per heavy atom. The zero-order valence-electron chi connectivity index (χ0n) is 12.5. The average Bonchev–Trinajstić information content (AvgIpc) is 2.50. The number of carbonyl (C=O) groups is 2.